The van der Waals surface area contributed by atoms with Gasteiger partial charge in [-0.2, -0.15) is 0 Å². The maximum atomic E-state index is 6.90. The van der Waals surface area contributed by atoms with Crippen molar-refractivity contribution >= 4 is 44.9 Å². The summed E-state index contributed by atoms with van der Waals surface area (Å²) < 4.78 is 13.6. The third-order valence-corrected chi connectivity index (χ3v) is 12.8. The van der Waals surface area contributed by atoms with Crippen LogP contribution in [0.15, 0.2) is 178 Å². The molecule has 0 saturated heterocycles. The molecule has 0 fully saturated rings. The Hall–Kier alpha value is -6.00. The highest BCUT2D eigenvalue weighted by atomic mass is 16.5. The SMILES string of the molecule is Cc1ccccc1N(c1ccccc1)c1ccc2cc3c4c(oc3cc2c1)C=C1C2=C(CC3CC(N(C5=CCCC=C5)C5=CC=CCC5C)C=CC3=C2)OC1C4. The number of ether oxygens (including phenoxy) is 1. The predicted octanol–water partition coefficient (Wildman–Crippen LogP) is 13.2. The summed E-state index contributed by atoms with van der Waals surface area (Å²) in [5.41, 5.74) is 13.6. The molecule has 5 aliphatic carbocycles. The predicted molar refractivity (Wildman–Crippen MR) is 230 cm³/mol. The molecular weight excluding hydrogens is 685 g/mol. The van der Waals surface area contributed by atoms with Crippen LogP contribution in [0.25, 0.3) is 27.8 Å². The fourth-order valence-electron chi connectivity index (χ4n) is 9.96. The van der Waals surface area contributed by atoms with Crippen molar-refractivity contribution in [1.82, 2.24) is 4.90 Å². The summed E-state index contributed by atoms with van der Waals surface area (Å²) in [6, 6.07) is 30.9. The number of hydrogen-bond acceptors (Lipinski definition) is 4. The maximum Gasteiger partial charge on any atom is 0.135 e. The number of para-hydroxylation sites is 2. The van der Waals surface area contributed by atoms with E-state index in [1.807, 2.05) is 0 Å². The third kappa shape index (κ3) is 5.57. The average Bonchev–Trinajstić information content (AvgIpc) is 3.76. The Kier molecular flexibility index (Phi) is 7.94. The first kappa shape index (κ1) is 33.3. The molecule has 6 aliphatic rings. The summed E-state index contributed by atoms with van der Waals surface area (Å²) in [6.45, 7) is 4.54. The standard InChI is InChI=1S/C52H46N2O2/c1-33-13-9-11-19-47(33)53(39-15-5-3-6-16-39)41-23-21-35-27-43-45-31-52-46(32-51(45)55-49(43)29-37(35)25-41)44-28-36-22-24-42(26-38(36)30-50(44)56-52)54(40-17-7-4-8-18-40)48-20-12-10-14-34(48)2/h3,5-7,9-13,15-25,27-29,32,34,38,42,52H,4,8,14,26,30-31H2,1-2H3. The minimum atomic E-state index is 0.0192. The van der Waals surface area contributed by atoms with Crippen LogP contribution in [0.5, 0.6) is 0 Å². The van der Waals surface area contributed by atoms with Crippen molar-refractivity contribution < 1.29 is 9.15 Å². The number of benzene rings is 4. The third-order valence-electron chi connectivity index (χ3n) is 12.8. The molecule has 1 aromatic heterocycles. The van der Waals surface area contributed by atoms with Crippen LogP contribution in [-0.4, -0.2) is 17.0 Å². The molecule has 0 radical (unpaired) electrons. The highest BCUT2D eigenvalue weighted by molar-refractivity contribution is 6.01. The normalized spacial score (nSPS) is 23.4. The summed E-state index contributed by atoms with van der Waals surface area (Å²) in [4.78, 5) is 4.98. The van der Waals surface area contributed by atoms with Gasteiger partial charge in [-0.1, -0.05) is 85.8 Å². The quantitative estimate of drug-likeness (QED) is 0.174. The molecule has 2 heterocycles. The first-order valence-electron chi connectivity index (χ1n) is 20.5. The van der Waals surface area contributed by atoms with E-state index in [0.717, 1.165) is 72.4 Å². The van der Waals surface area contributed by atoms with Gasteiger partial charge < -0.3 is 19.0 Å². The molecule has 4 nitrogen and oxygen atoms in total. The molecule has 4 aromatic carbocycles. The zero-order chi connectivity index (χ0) is 37.3. The number of fused-ring (bicyclic) bond motifs is 7. The topological polar surface area (TPSA) is 28.9 Å². The van der Waals surface area contributed by atoms with Gasteiger partial charge in [0.25, 0.3) is 0 Å². The second-order valence-electron chi connectivity index (χ2n) is 16.4. The molecule has 276 valence electrons. The van der Waals surface area contributed by atoms with E-state index in [9.17, 15) is 0 Å². The zero-order valence-corrected chi connectivity index (χ0v) is 32.1. The lowest BCUT2D eigenvalue weighted by molar-refractivity contribution is 0.149. The Balaban J connectivity index is 0.907. The van der Waals surface area contributed by atoms with E-state index in [4.69, 9.17) is 9.15 Å². The van der Waals surface area contributed by atoms with Gasteiger partial charge in [-0.15, -0.1) is 0 Å². The van der Waals surface area contributed by atoms with Crippen LogP contribution in [0.2, 0.25) is 0 Å². The summed E-state index contributed by atoms with van der Waals surface area (Å²) in [7, 11) is 0. The first-order chi connectivity index (χ1) is 27.6. The summed E-state index contributed by atoms with van der Waals surface area (Å²) in [6.07, 6.45) is 29.8. The highest BCUT2D eigenvalue weighted by Crippen LogP contribution is 2.49. The molecule has 4 unspecified atom stereocenters. The van der Waals surface area contributed by atoms with Gasteiger partial charge in [0, 0.05) is 63.4 Å². The zero-order valence-electron chi connectivity index (χ0n) is 32.1. The number of nitrogens with zero attached hydrogens (tertiary/aromatic N) is 2. The van der Waals surface area contributed by atoms with Crippen molar-refractivity contribution in [1.29, 1.82) is 0 Å². The van der Waals surface area contributed by atoms with Gasteiger partial charge in [-0.05, 0) is 133 Å². The van der Waals surface area contributed by atoms with E-state index in [1.54, 1.807) is 0 Å². The van der Waals surface area contributed by atoms with Crippen molar-refractivity contribution in [3.05, 3.63) is 190 Å². The Morgan fingerprint density at radius 3 is 2.55 bits per heavy atom. The first-order valence-corrected chi connectivity index (χ1v) is 20.5. The summed E-state index contributed by atoms with van der Waals surface area (Å²) in [5.74, 6) is 3.07. The van der Waals surface area contributed by atoms with Gasteiger partial charge in [0.15, 0.2) is 0 Å². The average molecular weight is 731 g/mol. The Bertz CT molecular complexity index is 2680. The summed E-state index contributed by atoms with van der Waals surface area (Å²) >= 11 is 0. The Labute approximate surface area is 329 Å². The molecule has 0 bridgehead atoms. The monoisotopic (exact) mass is 730 g/mol. The van der Waals surface area contributed by atoms with Gasteiger partial charge in [-0.3, -0.25) is 0 Å². The lowest BCUT2D eigenvalue weighted by atomic mass is 9.77. The minimum Gasteiger partial charge on any atom is -0.489 e. The van der Waals surface area contributed by atoms with Gasteiger partial charge in [-0.25, -0.2) is 0 Å². The van der Waals surface area contributed by atoms with Crippen molar-refractivity contribution in [3.8, 4) is 0 Å². The molecule has 1 aliphatic heterocycles. The molecule has 56 heavy (non-hydrogen) atoms. The van der Waals surface area contributed by atoms with Crippen molar-refractivity contribution in [3.63, 3.8) is 0 Å². The van der Waals surface area contributed by atoms with E-state index in [2.05, 4.69) is 169 Å². The number of allylic oxidation sites excluding steroid dienone is 11. The smallest absolute Gasteiger partial charge is 0.135 e. The van der Waals surface area contributed by atoms with E-state index >= 15 is 0 Å². The van der Waals surface area contributed by atoms with Crippen LogP contribution < -0.4 is 4.90 Å². The van der Waals surface area contributed by atoms with Crippen molar-refractivity contribution in [2.75, 3.05) is 4.90 Å². The number of aryl methyl sites for hydroxylation is 1. The molecule has 0 N–H and O–H groups in total. The second-order valence-corrected chi connectivity index (χ2v) is 16.4. The van der Waals surface area contributed by atoms with Crippen LogP contribution in [0, 0.1) is 18.8 Å². The fraction of sp³-hybridized carbons (Fsp3) is 0.231. The van der Waals surface area contributed by atoms with Gasteiger partial charge >= 0.3 is 0 Å². The highest BCUT2D eigenvalue weighted by Gasteiger charge is 2.41. The molecular formula is C52H46N2O2. The van der Waals surface area contributed by atoms with Crippen LogP contribution >= 0.6 is 0 Å². The van der Waals surface area contributed by atoms with Crippen LogP contribution in [0.1, 0.15) is 55.9 Å². The van der Waals surface area contributed by atoms with Crippen LogP contribution in [-0.2, 0) is 11.2 Å². The van der Waals surface area contributed by atoms with Crippen molar-refractivity contribution in [2.24, 2.45) is 11.8 Å². The Morgan fingerprint density at radius 2 is 1.70 bits per heavy atom. The second kappa shape index (κ2) is 13.3. The van der Waals surface area contributed by atoms with Crippen molar-refractivity contribution in [2.45, 2.75) is 64.5 Å². The molecule has 0 spiro atoms. The van der Waals surface area contributed by atoms with E-state index in [0.29, 0.717) is 17.9 Å². The maximum absolute atomic E-state index is 6.90. The largest absolute Gasteiger partial charge is 0.489 e. The van der Waals surface area contributed by atoms with Gasteiger partial charge in [0.1, 0.15) is 23.2 Å². The van der Waals surface area contributed by atoms with Crippen LogP contribution in [0.3, 0.4) is 0 Å². The number of furan rings is 1. The van der Waals surface area contributed by atoms with Gasteiger partial charge in [0.2, 0.25) is 0 Å². The van der Waals surface area contributed by atoms with E-state index in [1.165, 1.54) is 55.7 Å². The fourth-order valence-corrected chi connectivity index (χ4v) is 9.96. The Morgan fingerprint density at radius 1 is 0.804 bits per heavy atom. The van der Waals surface area contributed by atoms with E-state index in [-0.39, 0.29) is 6.10 Å². The molecule has 5 aromatic rings. The van der Waals surface area contributed by atoms with Crippen LogP contribution in [0.4, 0.5) is 17.1 Å². The van der Waals surface area contributed by atoms with Gasteiger partial charge in [0.05, 0.1) is 6.04 Å². The van der Waals surface area contributed by atoms with E-state index < -0.39 is 0 Å². The molecule has 4 atom stereocenters. The number of rotatable bonds is 6. The number of anilines is 3. The number of hydrogen-bond donors (Lipinski definition) is 0. The summed E-state index contributed by atoms with van der Waals surface area (Å²) in [5, 5.41) is 3.56. The lowest BCUT2D eigenvalue weighted by Gasteiger charge is -2.42. The lowest BCUT2D eigenvalue weighted by Crippen LogP contribution is -2.38. The molecule has 0 saturated carbocycles. The molecule has 0 amide bonds. The molecule has 11 rings (SSSR count). The molecule has 4 heteroatoms. The minimum absolute atomic E-state index is 0.0192.